The molecule has 0 spiro atoms. The summed E-state index contributed by atoms with van der Waals surface area (Å²) in [5, 5.41) is 3.57. The fourth-order valence-corrected chi connectivity index (χ4v) is 3.48. The molecule has 2 bridgehead atoms. The number of piperidine rings is 2. The van der Waals surface area contributed by atoms with E-state index in [2.05, 4.69) is 17.3 Å². The third kappa shape index (κ3) is 4.43. The topological polar surface area (TPSA) is 50.8 Å². The van der Waals surface area contributed by atoms with Crippen molar-refractivity contribution in [2.45, 2.75) is 57.2 Å². The first-order valence-electron chi connectivity index (χ1n) is 7.89. The first-order valence-corrected chi connectivity index (χ1v) is 7.89. The summed E-state index contributed by atoms with van der Waals surface area (Å²) in [5.74, 6) is -0.277. The molecule has 0 saturated carbocycles. The van der Waals surface area contributed by atoms with Gasteiger partial charge in [0.1, 0.15) is 6.61 Å². The maximum absolute atomic E-state index is 11.1. The van der Waals surface area contributed by atoms with Crippen molar-refractivity contribution < 1.29 is 14.3 Å². The van der Waals surface area contributed by atoms with Gasteiger partial charge in [0.05, 0.1) is 13.2 Å². The molecule has 5 heteroatoms. The number of carbonyl (C=O) groups is 1. The van der Waals surface area contributed by atoms with Crippen LogP contribution in [0.5, 0.6) is 0 Å². The lowest BCUT2D eigenvalue weighted by Gasteiger charge is -2.47. The molecule has 2 aliphatic heterocycles. The van der Waals surface area contributed by atoms with E-state index in [9.17, 15) is 4.79 Å². The normalized spacial score (nSPS) is 30.2. The van der Waals surface area contributed by atoms with Gasteiger partial charge < -0.3 is 19.7 Å². The van der Waals surface area contributed by atoms with Gasteiger partial charge in [0.25, 0.3) is 0 Å². The quantitative estimate of drug-likeness (QED) is 0.562. The van der Waals surface area contributed by atoms with Crippen LogP contribution in [0.3, 0.4) is 0 Å². The van der Waals surface area contributed by atoms with Crippen molar-refractivity contribution in [3.63, 3.8) is 0 Å². The van der Waals surface area contributed by atoms with Crippen molar-refractivity contribution in [1.82, 2.24) is 10.2 Å². The van der Waals surface area contributed by atoms with Crippen LogP contribution in [0.1, 0.15) is 39.0 Å². The van der Waals surface area contributed by atoms with Gasteiger partial charge in [-0.15, -0.1) is 0 Å². The molecule has 2 unspecified atom stereocenters. The van der Waals surface area contributed by atoms with Crippen molar-refractivity contribution in [2.75, 3.05) is 33.4 Å². The summed E-state index contributed by atoms with van der Waals surface area (Å²) in [7, 11) is 2.27. The molecule has 0 amide bonds. The summed E-state index contributed by atoms with van der Waals surface area (Å²) in [5.41, 5.74) is 0. The Balaban J connectivity index is 1.57. The predicted octanol–water partition coefficient (Wildman–Crippen LogP) is 1.17. The molecule has 116 valence electrons. The van der Waals surface area contributed by atoms with Gasteiger partial charge in [0, 0.05) is 24.7 Å². The van der Waals surface area contributed by atoms with Gasteiger partial charge in [-0.2, -0.15) is 0 Å². The molecule has 2 atom stereocenters. The van der Waals surface area contributed by atoms with Gasteiger partial charge in [-0.1, -0.05) is 6.42 Å². The van der Waals surface area contributed by atoms with E-state index in [1.165, 1.54) is 32.1 Å². The largest absolute Gasteiger partial charge is 0.464 e. The molecule has 2 fully saturated rings. The summed E-state index contributed by atoms with van der Waals surface area (Å²) in [6.45, 7) is 3.66. The Morgan fingerprint density at radius 3 is 2.65 bits per heavy atom. The van der Waals surface area contributed by atoms with Crippen molar-refractivity contribution in [2.24, 2.45) is 0 Å². The SMILES string of the molecule is CCOC(=O)COCCNC1CC2CCCC(C1)N2C. The standard InChI is InChI=1S/C15H28N2O3/c1-3-20-15(18)11-19-8-7-16-12-9-13-5-4-6-14(10-12)17(13)2/h12-14,16H,3-11H2,1-2H3. The maximum Gasteiger partial charge on any atom is 0.332 e. The molecule has 2 aliphatic rings. The van der Waals surface area contributed by atoms with E-state index < -0.39 is 0 Å². The first-order chi connectivity index (χ1) is 9.70. The van der Waals surface area contributed by atoms with Crippen LogP contribution >= 0.6 is 0 Å². The number of nitrogens with zero attached hydrogens (tertiary/aromatic N) is 1. The molecule has 0 aromatic heterocycles. The summed E-state index contributed by atoms with van der Waals surface area (Å²) in [6, 6.07) is 2.11. The Labute approximate surface area is 122 Å². The minimum absolute atomic E-state index is 0.0637. The van der Waals surface area contributed by atoms with Crippen molar-refractivity contribution in [3.05, 3.63) is 0 Å². The molecule has 0 aromatic carbocycles. The van der Waals surface area contributed by atoms with Gasteiger partial charge in [-0.05, 0) is 39.7 Å². The number of hydrogen-bond acceptors (Lipinski definition) is 5. The van der Waals surface area contributed by atoms with Crippen LogP contribution in [0.15, 0.2) is 0 Å². The molecular weight excluding hydrogens is 256 g/mol. The van der Waals surface area contributed by atoms with Crippen LogP contribution in [0.25, 0.3) is 0 Å². The summed E-state index contributed by atoms with van der Waals surface area (Å²) >= 11 is 0. The van der Waals surface area contributed by atoms with E-state index >= 15 is 0 Å². The van der Waals surface area contributed by atoms with Crippen LogP contribution in [-0.4, -0.2) is 62.4 Å². The Morgan fingerprint density at radius 2 is 2.00 bits per heavy atom. The van der Waals surface area contributed by atoms with Crippen LogP contribution < -0.4 is 5.32 Å². The number of esters is 1. The van der Waals surface area contributed by atoms with E-state index in [4.69, 9.17) is 9.47 Å². The Morgan fingerprint density at radius 1 is 1.30 bits per heavy atom. The zero-order valence-electron chi connectivity index (χ0n) is 12.8. The Kier molecular flexibility index (Phi) is 6.26. The van der Waals surface area contributed by atoms with E-state index in [1.807, 2.05) is 0 Å². The molecule has 2 heterocycles. The fraction of sp³-hybridized carbons (Fsp3) is 0.933. The average Bonchev–Trinajstić information content (AvgIpc) is 2.39. The van der Waals surface area contributed by atoms with E-state index in [1.54, 1.807) is 6.92 Å². The van der Waals surface area contributed by atoms with Crippen LogP contribution in [0, 0.1) is 0 Å². The van der Waals surface area contributed by atoms with Gasteiger partial charge in [0.15, 0.2) is 0 Å². The van der Waals surface area contributed by atoms with Gasteiger partial charge in [0.2, 0.25) is 0 Å². The lowest BCUT2D eigenvalue weighted by Crippen LogP contribution is -2.54. The average molecular weight is 284 g/mol. The second-order valence-corrected chi connectivity index (χ2v) is 5.88. The van der Waals surface area contributed by atoms with Crippen molar-refractivity contribution in [1.29, 1.82) is 0 Å². The molecule has 2 saturated heterocycles. The van der Waals surface area contributed by atoms with E-state index in [0.29, 0.717) is 19.3 Å². The summed E-state index contributed by atoms with van der Waals surface area (Å²) in [6.07, 6.45) is 6.54. The highest BCUT2D eigenvalue weighted by atomic mass is 16.6. The molecule has 1 N–H and O–H groups in total. The van der Waals surface area contributed by atoms with Crippen molar-refractivity contribution >= 4 is 5.97 Å². The number of rotatable bonds is 7. The smallest absolute Gasteiger partial charge is 0.332 e. The number of carbonyl (C=O) groups excluding carboxylic acids is 1. The molecule has 0 radical (unpaired) electrons. The lowest BCUT2D eigenvalue weighted by atomic mass is 9.82. The maximum atomic E-state index is 11.1. The minimum atomic E-state index is -0.277. The lowest BCUT2D eigenvalue weighted by molar-refractivity contribution is -0.148. The second kappa shape index (κ2) is 7.96. The number of nitrogens with one attached hydrogen (secondary N) is 1. The molecule has 5 nitrogen and oxygen atoms in total. The third-order valence-corrected chi connectivity index (χ3v) is 4.54. The summed E-state index contributed by atoms with van der Waals surface area (Å²) < 4.78 is 10.1. The monoisotopic (exact) mass is 284 g/mol. The predicted molar refractivity (Wildman–Crippen MR) is 77.7 cm³/mol. The third-order valence-electron chi connectivity index (χ3n) is 4.54. The number of fused-ring (bicyclic) bond motifs is 2. The Bertz CT molecular complexity index is 297. The summed E-state index contributed by atoms with van der Waals surface area (Å²) in [4.78, 5) is 13.7. The van der Waals surface area contributed by atoms with Crippen LogP contribution in [0.4, 0.5) is 0 Å². The Hall–Kier alpha value is -0.650. The van der Waals surface area contributed by atoms with Crippen molar-refractivity contribution in [3.8, 4) is 0 Å². The zero-order valence-corrected chi connectivity index (χ0v) is 12.8. The number of ether oxygens (including phenoxy) is 2. The molecule has 2 rings (SSSR count). The van der Waals surface area contributed by atoms with Gasteiger partial charge in [-0.3, -0.25) is 0 Å². The molecule has 0 aromatic rings. The van der Waals surface area contributed by atoms with Gasteiger partial charge >= 0.3 is 5.97 Å². The highest BCUT2D eigenvalue weighted by molar-refractivity contribution is 5.70. The highest BCUT2D eigenvalue weighted by Gasteiger charge is 2.35. The van der Waals surface area contributed by atoms with E-state index in [-0.39, 0.29) is 12.6 Å². The highest BCUT2D eigenvalue weighted by Crippen LogP contribution is 2.32. The first kappa shape index (κ1) is 15.7. The molecular formula is C15H28N2O3. The molecule has 0 aliphatic carbocycles. The zero-order chi connectivity index (χ0) is 14.4. The second-order valence-electron chi connectivity index (χ2n) is 5.88. The number of hydrogen-bond donors (Lipinski definition) is 1. The van der Waals surface area contributed by atoms with Gasteiger partial charge in [-0.25, -0.2) is 4.79 Å². The minimum Gasteiger partial charge on any atom is -0.464 e. The van der Waals surface area contributed by atoms with E-state index in [0.717, 1.165) is 18.6 Å². The molecule has 20 heavy (non-hydrogen) atoms. The van der Waals surface area contributed by atoms with Crippen LogP contribution in [-0.2, 0) is 14.3 Å². The fourth-order valence-electron chi connectivity index (χ4n) is 3.48. The van der Waals surface area contributed by atoms with Crippen LogP contribution in [0.2, 0.25) is 0 Å².